The van der Waals surface area contributed by atoms with Crippen LogP contribution in [0.5, 0.6) is 11.5 Å². The van der Waals surface area contributed by atoms with Crippen LogP contribution in [-0.2, 0) is 13.6 Å². The topological polar surface area (TPSA) is 78.3 Å². The van der Waals surface area contributed by atoms with E-state index in [9.17, 15) is 4.79 Å². The summed E-state index contributed by atoms with van der Waals surface area (Å²) in [4.78, 5) is 12.3. The summed E-state index contributed by atoms with van der Waals surface area (Å²) >= 11 is 1.67. The Morgan fingerprint density at radius 3 is 2.92 bits per heavy atom. The standard InChI is InChI=1S/C16H20N4O3S/c1-10(2)8-24-16-19-18-14(20(16)3)7-17-15(21)11-4-5-12-13(6-11)23-9-22-12/h4-6,10H,7-9H2,1-3H3,(H,17,21). The van der Waals surface area contributed by atoms with Gasteiger partial charge in [-0.2, -0.15) is 0 Å². The van der Waals surface area contributed by atoms with Crippen LogP contribution in [0.15, 0.2) is 23.4 Å². The van der Waals surface area contributed by atoms with Gasteiger partial charge in [0.15, 0.2) is 22.5 Å². The highest BCUT2D eigenvalue weighted by molar-refractivity contribution is 7.99. The van der Waals surface area contributed by atoms with E-state index >= 15 is 0 Å². The number of carbonyl (C=O) groups is 1. The van der Waals surface area contributed by atoms with E-state index in [2.05, 4.69) is 29.4 Å². The number of carbonyl (C=O) groups excluding carboxylic acids is 1. The maximum absolute atomic E-state index is 12.3. The van der Waals surface area contributed by atoms with Crippen molar-refractivity contribution in [3.63, 3.8) is 0 Å². The zero-order valence-electron chi connectivity index (χ0n) is 13.9. The van der Waals surface area contributed by atoms with Crippen molar-refractivity contribution in [2.45, 2.75) is 25.5 Å². The molecule has 0 unspecified atom stereocenters. The number of hydrogen-bond donors (Lipinski definition) is 1. The Labute approximate surface area is 144 Å². The Morgan fingerprint density at radius 1 is 1.33 bits per heavy atom. The number of nitrogens with one attached hydrogen (secondary N) is 1. The van der Waals surface area contributed by atoms with Gasteiger partial charge in [-0.3, -0.25) is 4.79 Å². The molecule has 1 N–H and O–H groups in total. The fraction of sp³-hybridized carbons (Fsp3) is 0.438. The highest BCUT2D eigenvalue weighted by Crippen LogP contribution is 2.32. The number of amides is 1. The van der Waals surface area contributed by atoms with Crippen LogP contribution < -0.4 is 14.8 Å². The van der Waals surface area contributed by atoms with Gasteiger partial charge >= 0.3 is 0 Å². The molecule has 3 rings (SSSR count). The number of thioether (sulfide) groups is 1. The molecule has 0 atom stereocenters. The smallest absolute Gasteiger partial charge is 0.251 e. The molecule has 0 saturated heterocycles. The average Bonchev–Trinajstić information content (AvgIpc) is 3.16. The third-order valence-electron chi connectivity index (χ3n) is 3.51. The Balaban J connectivity index is 1.60. The summed E-state index contributed by atoms with van der Waals surface area (Å²) in [6, 6.07) is 5.13. The molecular formula is C16H20N4O3S. The van der Waals surface area contributed by atoms with Crippen LogP contribution in [0.1, 0.15) is 30.0 Å². The fourth-order valence-corrected chi connectivity index (χ4v) is 3.05. The minimum absolute atomic E-state index is 0.187. The predicted octanol–water partition coefficient (Wildman–Crippen LogP) is 2.22. The van der Waals surface area contributed by atoms with Gasteiger partial charge in [0.25, 0.3) is 5.91 Å². The lowest BCUT2D eigenvalue weighted by Gasteiger charge is -2.07. The lowest BCUT2D eigenvalue weighted by molar-refractivity contribution is 0.0949. The molecule has 1 aromatic carbocycles. The number of ether oxygens (including phenoxy) is 2. The van der Waals surface area contributed by atoms with Crippen LogP contribution in [0.3, 0.4) is 0 Å². The molecule has 1 amide bonds. The number of hydrogen-bond acceptors (Lipinski definition) is 6. The van der Waals surface area contributed by atoms with Crippen molar-refractivity contribution < 1.29 is 14.3 Å². The second kappa shape index (κ2) is 7.12. The SMILES string of the molecule is CC(C)CSc1nnc(CNC(=O)c2ccc3c(c2)OCO3)n1C. The Hall–Kier alpha value is -2.22. The van der Waals surface area contributed by atoms with Crippen LogP contribution in [0.2, 0.25) is 0 Å². The van der Waals surface area contributed by atoms with E-state index in [4.69, 9.17) is 9.47 Å². The van der Waals surface area contributed by atoms with Gasteiger partial charge < -0.3 is 19.4 Å². The molecule has 0 aliphatic carbocycles. The largest absolute Gasteiger partial charge is 0.454 e. The lowest BCUT2D eigenvalue weighted by Crippen LogP contribution is -2.24. The molecule has 1 aromatic heterocycles. The first-order valence-electron chi connectivity index (χ1n) is 7.73. The molecule has 7 nitrogen and oxygen atoms in total. The molecule has 0 fully saturated rings. The van der Waals surface area contributed by atoms with E-state index in [0.29, 0.717) is 29.5 Å². The summed E-state index contributed by atoms with van der Waals surface area (Å²) in [5.41, 5.74) is 0.524. The van der Waals surface area contributed by atoms with Crippen molar-refractivity contribution >= 4 is 17.7 Å². The summed E-state index contributed by atoms with van der Waals surface area (Å²) in [6.07, 6.45) is 0. The van der Waals surface area contributed by atoms with Gasteiger partial charge in [0.2, 0.25) is 6.79 Å². The van der Waals surface area contributed by atoms with Crippen molar-refractivity contribution in [1.29, 1.82) is 0 Å². The maximum Gasteiger partial charge on any atom is 0.251 e. The highest BCUT2D eigenvalue weighted by Gasteiger charge is 2.17. The normalized spacial score (nSPS) is 12.7. The average molecular weight is 348 g/mol. The van der Waals surface area contributed by atoms with Crippen LogP contribution >= 0.6 is 11.8 Å². The zero-order valence-corrected chi connectivity index (χ0v) is 14.7. The Kier molecular flexibility index (Phi) is 4.94. The van der Waals surface area contributed by atoms with E-state index in [1.54, 1.807) is 30.0 Å². The van der Waals surface area contributed by atoms with E-state index in [-0.39, 0.29) is 12.7 Å². The summed E-state index contributed by atoms with van der Waals surface area (Å²) in [5.74, 6) is 3.35. The minimum atomic E-state index is -0.187. The lowest BCUT2D eigenvalue weighted by atomic mass is 10.2. The molecule has 24 heavy (non-hydrogen) atoms. The summed E-state index contributed by atoms with van der Waals surface area (Å²) < 4.78 is 12.4. The number of aromatic nitrogens is 3. The van der Waals surface area contributed by atoms with E-state index in [1.807, 2.05) is 11.6 Å². The van der Waals surface area contributed by atoms with Crippen LogP contribution in [-0.4, -0.2) is 33.2 Å². The molecule has 0 bridgehead atoms. The number of fused-ring (bicyclic) bond motifs is 1. The van der Waals surface area contributed by atoms with Crippen molar-refractivity contribution in [2.24, 2.45) is 13.0 Å². The molecule has 128 valence electrons. The van der Waals surface area contributed by atoms with Gasteiger partial charge in [-0.15, -0.1) is 10.2 Å². The predicted molar refractivity (Wildman–Crippen MR) is 90.3 cm³/mol. The van der Waals surface area contributed by atoms with Gasteiger partial charge in [0.1, 0.15) is 0 Å². The third kappa shape index (κ3) is 3.64. The summed E-state index contributed by atoms with van der Waals surface area (Å²) in [7, 11) is 1.91. The number of nitrogens with zero attached hydrogens (tertiary/aromatic N) is 3. The van der Waals surface area contributed by atoms with Crippen molar-refractivity contribution in [3.05, 3.63) is 29.6 Å². The molecule has 8 heteroatoms. The molecule has 0 spiro atoms. The monoisotopic (exact) mass is 348 g/mol. The van der Waals surface area contributed by atoms with Crippen LogP contribution in [0, 0.1) is 5.92 Å². The van der Waals surface area contributed by atoms with Crippen molar-refractivity contribution in [2.75, 3.05) is 12.5 Å². The third-order valence-corrected chi connectivity index (χ3v) is 4.96. The second-order valence-corrected chi connectivity index (χ2v) is 6.90. The molecule has 1 aliphatic heterocycles. The number of benzene rings is 1. The first-order chi connectivity index (χ1) is 11.5. The highest BCUT2D eigenvalue weighted by atomic mass is 32.2. The molecule has 2 heterocycles. The quantitative estimate of drug-likeness (QED) is 0.807. The molecule has 1 aliphatic rings. The molecule has 0 saturated carbocycles. The van der Waals surface area contributed by atoms with E-state index in [0.717, 1.165) is 16.7 Å². The van der Waals surface area contributed by atoms with Crippen LogP contribution in [0.25, 0.3) is 0 Å². The Morgan fingerprint density at radius 2 is 2.12 bits per heavy atom. The van der Waals surface area contributed by atoms with Crippen molar-refractivity contribution in [1.82, 2.24) is 20.1 Å². The van der Waals surface area contributed by atoms with Crippen LogP contribution in [0.4, 0.5) is 0 Å². The first-order valence-corrected chi connectivity index (χ1v) is 8.72. The maximum atomic E-state index is 12.3. The summed E-state index contributed by atoms with van der Waals surface area (Å²) in [5, 5.41) is 12.0. The van der Waals surface area contributed by atoms with Gasteiger partial charge in [-0.1, -0.05) is 25.6 Å². The first kappa shape index (κ1) is 16.6. The molecular weight excluding hydrogens is 328 g/mol. The summed E-state index contributed by atoms with van der Waals surface area (Å²) in [6.45, 7) is 4.83. The van der Waals surface area contributed by atoms with Gasteiger partial charge in [0.05, 0.1) is 6.54 Å². The molecule has 0 radical (unpaired) electrons. The van der Waals surface area contributed by atoms with E-state index < -0.39 is 0 Å². The molecule has 2 aromatic rings. The van der Waals surface area contributed by atoms with Gasteiger partial charge in [-0.05, 0) is 24.1 Å². The van der Waals surface area contributed by atoms with Gasteiger partial charge in [-0.25, -0.2) is 0 Å². The Bertz CT molecular complexity index is 745. The van der Waals surface area contributed by atoms with E-state index in [1.165, 1.54) is 0 Å². The minimum Gasteiger partial charge on any atom is -0.454 e. The second-order valence-electron chi connectivity index (χ2n) is 5.91. The van der Waals surface area contributed by atoms with Gasteiger partial charge in [0, 0.05) is 18.4 Å². The zero-order chi connectivity index (χ0) is 17.1. The fourth-order valence-electron chi connectivity index (χ4n) is 2.17. The number of rotatable bonds is 6. The van der Waals surface area contributed by atoms with Crippen molar-refractivity contribution in [3.8, 4) is 11.5 Å².